The van der Waals surface area contributed by atoms with Crippen LogP contribution in [0.25, 0.3) is 0 Å². The summed E-state index contributed by atoms with van der Waals surface area (Å²) >= 11 is 0. The summed E-state index contributed by atoms with van der Waals surface area (Å²) in [7, 11) is 0.422. The highest BCUT2D eigenvalue weighted by molar-refractivity contribution is 7.92. The van der Waals surface area contributed by atoms with Crippen LogP contribution in [0.15, 0.2) is 77.7 Å². The van der Waals surface area contributed by atoms with Crippen molar-refractivity contribution in [2.45, 2.75) is 4.90 Å². The number of anilines is 1. The highest BCUT2D eigenvalue weighted by Gasteiger charge is 2.23. The average molecular weight is 470 g/mol. The van der Waals surface area contributed by atoms with Crippen molar-refractivity contribution >= 4 is 27.5 Å². The molecule has 0 aliphatic rings. The van der Waals surface area contributed by atoms with Crippen molar-refractivity contribution in [2.24, 2.45) is 0 Å². The van der Waals surface area contributed by atoms with E-state index in [1.165, 1.54) is 51.6 Å². The zero-order valence-electron chi connectivity index (χ0n) is 18.3. The lowest BCUT2D eigenvalue weighted by atomic mass is 10.1. The second-order valence-electron chi connectivity index (χ2n) is 6.90. The molecule has 0 amide bonds. The van der Waals surface area contributed by atoms with Gasteiger partial charge in [-0.1, -0.05) is 24.3 Å². The number of ketones is 1. The Morgan fingerprint density at radius 2 is 1.61 bits per heavy atom. The molecule has 0 radical (unpaired) electrons. The molecule has 0 heterocycles. The molecular weight excluding hydrogens is 446 g/mol. The van der Waals surface area contributed by atoms with E-state index in [9.17, 15) is 18.0 Å². The second kappa shape index (κ2) is 10.2. The maximum atomic E-state index is 13.0. The lowest BCUT2D eigenvalue weighted by Gasteiger charge is -2.19. The predicted octanol–water partition coefficient (Wildman–Crippen LogP) is 3.57. The number of sulfonamides is 1. The molecule has 0 atom stereocenters. The van der Waals surface area contributed by atoms with Gasteiger partial charge in [0.05, 0.1) is 35.9 Å². The molecule has 172 valence electrons. The van der Waals surface area contributed by atoms with E-state index in [1.54, 1.807) is 42.5 Å². The third-order valence-corrected chi connectivity index (χ3v) is 6.67. The van der Waals surface area contributed by atoms with E-state index in [0.717, 1.165) is 4.31 Å². The maximum absolute atomic E-state index is 13.0. The largest absolute Gasteiger partial charge is 0.497 e. The molecule has 33 heavy (non-hydrogen) atoms. The van der Waals surface area contributed by atoms with Gasteiger partial charge in [-0.2, -0.15) is 0 Å². The molecule has 0 aromatic heterocycles. The minimum atomic E-state index is -3.91. The summed E-state index contributed by atoms with van der Waals surface area (Å²) in [5.41, 5.74) is 0.712. The fourth-order valence-corrected chi connectivity index (χ4v) is 4.28. The van der Waals surface area contributed by atoms with Gasteiger partial charge >= 0.3 is 5.97 Å². The van der Waals surface area contributed by atoms with Crippen LogP contribution in [0.2, 0.25) is 0 Å². The molecule has 3 aromatic carbocycles. The van der Waals surface area contributed by atoms with Gasteiger partial charge in [0.25, 0.3) is 10.0 Å². The summed E-state index contributed by atoms with van der Waals surface area (Å²) in [5.74, 6) is -0.503. The third-order valence-electron chi connectivity index (χ3n) is 4.89. The molecule has 0 saturated carbocycles. The first kappa shape index (κ1) is 23.8. The van der Waals surface area contributed by atoms with Crippen LogP contribution in [0, 0.1) is 0 Å². The zero-order chi connectivity index (χ0) is 24.0. The van der Waals surface area contributed by atoms with E-state index in [2.05, 4.69) is 0 Å². The van der Waals surface area contributed by atoms with Crippen molar-refractivity contribution in [3.8, 4) is 11.5 Å². The SMILES string of the molecule is COc1ccc(C(=O)COC(=O)c2cccc(S(=O)(=O)N(C)c3ccccc3)c2)c(OC)c1. The van der Waals surface area contributed by atoms with E-state index in [0.29, 0.717) is 11.4 Å². The topological polar surface area (TPSA) is 99.2 Å². The summed E-state index contributed by atoms with van der Waals surface area (Å²) in [6.07, 6.45) is 0. The van der Waals surface area contributed by atoms with Gasteiger partial charge < -0.3 is 14.2 Å². The molecule has 0 aliphatic carbocycles. The van der Waals surface area contributed by atoms with Crippen LogP contribution in [-0.2, 0) is 14.8 Å². The highest BCUT2D eigenvalue weighted by Crippen LogP contribution is 2.25. The van der Waals surface area contributed by atoms with E-state index in [1.807, 2.05) is 0 Å². The highest BCUT2D eigenvalue weighted by atomic mass is 32.2. The molecule has 0 aliphatic heterocycles. The van der Waals surface area contributed by atoms with Crippen molar-refractivity contribution in [3.05, 3.63) is 83.9 Å². The molecule has 0 N–H and O–H groups in total. The number of rotatable bonds is 9. The van der Waals surface area contributed by atoms with Gasteiger partial charge in [-0.25, -0.2) is 13.2 Å². The Morgan fingerprint density at radius 3 is 2.27 bits per heavy atom. The van der Waals surface area contributed by atoms with Gasteiger partial charge in [-0.05, 0) is 42.5 Å². The fourth-order valence-electron chi connectivity index (χ4n) is 3.04. The lowest BCUT2D eigenvalue weighted by molar-refractivity contribution is 0.0473. The average Bonchev–Trinajstić information content (AvgIpc) is 2.86. The minimum absolute atomic E-state index is 0.00651. The number of ether oxygens (including phenoxy) is 3. The molecule has 0 bridgehead atoms. The molecule has 0 unspecified atom stereocenters. The van der Waals surface area contributed by atoms with Gasteiger partial charge in [-0.3, -0.25) is 9.10 Å². The lowest BCUT2D eigenvalue weighted by Crippen LogP contribution is -2.26. The van der Waals surface area contributed by atoms with Gasteiger partial charge in [0.15, 0.2) is 6.61 Å². The Bertz CT molecular complexity index is 1260. The Kier molecular flexibility index (Phi) is 7.34. The number of hydrogen-bond donors (Lipinski definition) is 0. The fraction of sp³-hybridized carbons (Fsp3) is 0.167. The summed E-state index contributed by atoms with van der Waals surface area (Å²) in [5, 5.41) is 0. The number of nitrogens with zero attached hydrogens (tertiary/aromatic N) is 1. The second-order valence-corrected chi connectivity index (χ2v) is 8.87. The number of carbonyl (C=O) groups is 2. The summed E-state index contributed by atoms with van der Waals surface area (Å²) in [6.45, 7) is -0.539. The van der Waals surface area contributed by atoms with Crippen molar-refractivity contribution in [1.29, 1.82) is 0 Å². The molecule has 3 rings (SSSR count). The molecule has 9 heteroatoms. The van der Waals surface area contributed by atoms with Crippen LogP contribution in [0.1, 0.15) is 20.7 Å². The van der Waals surface area contributed by atoms with Gasteiger partial charge in [0.1, 0.15) is 11.5 Å². The number of methoxy groups -OCH3 is 2. The first-order chi connectivity index (χ1) is 15.8. The quantitative estimate of drug-likeness (QED) is 0.349. The Hall–Kier alpha value is -3.85. The van der Waals surface area contributed by atoms with Crippen molar-refractivity contribution in [3.63, 3.8) is 0 Å². The zero-order valence-corrected chi connectivity index (χ0v) is 19.2. The van der Waals surface area contributed by atoms with Crippen molar-refractivity contribution < 1.29 is 32.2 Å². The number of hydrogen-bond acceptors (Lipinski definition) is 7. The Morgan fingerprint density at radius 1 is 0.879 bits per heavy atom. The van der Waals surface area contributed by atoms with Crippen LogP contribution in [-0.4, -0.2) is 48.0 Å². The number of carbonyl (C=O) groups excluding carboxylic acids is 2. The number of Topliss-reactive ketones (excluding diaryl/α,β-unsaturated/α-hetero) is 1. The standard InChI is InChI=1S/C24H23NO7S/c1-25(18-9-5-4-6-10-18)33(28,29)20-11-7-8-17(14-20)24(27)32-16-22(26)21-13-12-19(30-2)15-23(21)31-3/h4-15H,16H2,1-3H3. The molecular formula is C24H23NO7S. The normalized spacial score (nSPS) is 10.9. The Balaban J connectivity index is 1.74. The van der Waals surface area contributed by atoms with Crippen LogP contribution in [0.4, 0.5) is 5.69 Å². The maximum Gasteiger partial charge on any atom is 0.338 e. The molecule has 0 spiro atoms. The number of benzene rings is 3. The third kappa shape index (κ3) is 5.32. The molecule has 0 fully saturated rings. The van der Waals surface area contributed by atoms with Crippen molar-refractivity contribution in [1.82, 2.24) is 0 Å². The van der Waals surface area contributed by atoms with E-state index in [4.69, 9.17) is 14.2 Å². The van der Waals surface area contributed by atoms with Gasteiger partial charge in [0, 0.05) is 13.1 Å². The summed E-state index contributed by atoms with van der Waals surface area (Å²) < 4.78 is 42.5. The molecule has 8 nitrogen and oxygen atoms in total. The number of esters is 1. The van der Waals surface area contributed by atoms with Crippen LogP contribution in [0.5, 0.6) is 11.5 Å². The smallest absolute Gasteiger partial charge is 0.338 e. The van der Waals surface area contributed by atoms with Gasteiger partial charge in [0.2, 0.25) is 5.78 Å². The van der Waals surface area contributed by atoms with Crippen LogP contribution in [0.3, 0.4) is 0 Å². The molecule has 0 saturated heterocycles. The summed E-state index contributed by atoms with van der Waals surface area (Å²) in [6, 6.07) is 18.7. The first-order valence-corrected chi connectivity index (χ1v) is 11.3. The van der Waals surface area contributed by atoms with E-state index in [-0.39, 0.29) is 21.8 Å². The van der Waals surface area contributed by atoms with E-state index < -0.39 is 28.4 Å². The predicted molar refractivity (Wildman–Crippen MR) is 123 cm³/mol. The first-order valence-electron chi connectivity index (χ1n) is 9.84. The Labute approximate surface area is 192 Å². The van der Waals surface area contributed by atoms with Gasteiger partial charge in [-0.15, -0.1) is 0 Å². The van der Waals surface area contributed by atoms with Crippen molar-refractivity contribution in [2.75, 3.05) is 32.2 Å². The molecule has 3 aromatic rings. The number of para-hydroxylation sites is 1. The monoisotopic (exact) mass is 469 g/mol. The van der Waals surface area contributed by atoms with Crippen LogP contribution < -0.4 is 13.8 Å². The van der Waals surface area contributed by atoms with E-state index >= 15 is 0 Å². The van der Waals surface area contributed by atoms with Crippen LogP contribution >= 0.6 is 0 Å². The summed E-state index contributed by atoms with van der Waals surface area (Å²) in [4.78, 5) is 25.0. The minimum Gasteiger partial charge on any atom is -0.497 e.